The van der Waals surface area contributed by atoms with Crippen LogP contribution < -0.4 is 10.6 Å². The van der Waals surface area contributed by atoms with Crippen molar-refractivity contribution in [3.63, 3.8) is 0 Å². The highest BCUT2D eigenvalue weighted by atomic mass is 16.5. The number of ether oxygens (including phenoxy) is 1. The van der Waals surface area contributed by atoms with E-state index in [0.29, 0.717) is 30.9 Å². The topological polar surface area (TPSA) is 111 Å². The van der Waals surface area contributed by atoms with E-state index in [1.165, 1.54) is 6.20 Å². The van der Waals surface area contributed by atoms with E-state index in [9.17, 15) is 0 Å². The van der Waals surface area contributed by atoms with E-state index in [1.807, 2.05) is 36.7 Å². The van der Waals surface area contributed by atoms with Crippen LogP contribution in [0.25, 0.3) is 34.3 Å². The second-order valence-corrected chi connectivity index (χ2v) is 6.67. The second kappa shape index (κ2) is 7.36. The lowest BCUT2D eigenvalue weighted by molar-refractivity contribution is 0.122. The molecule has 0 aliphatic carbocycles. The third-order valence-corrected chi connectivity index (χ3v) is 4.84. The molecule has 0 atom stereocenters. The molecule has 1 saturated heterocycles. The molecule has 4 heterocycles. The molecule has 5 rings (SSSR count). The van der Waals surface area contributed by atoms with Crippen LogP contribution in [0, 0.1) is 0 Å². The predicted molar refractivity (Wildman–Crippen MR) is 110 cm³/mol. The summed E-state index contributed by atoms with van der Waals surface area (Å²) in [5, 5.41) is 1.06. The lowest BCUT2D eigenvalue weighted by atomic mass is 10.1. The summed E-state index contributed by atoms with van der Waals surface area (Å²) in [6.07, 6.45) is 8.61. The number of aromatic amines is 1. The Hall–Kier alpha value is -3.72. The van der Waals surface area contributed by atoms with Crippen molar-refractivity contribution in [1.29, 1.82) is 0 Å². The number of rotatable bonds is 4. The lowest BCUT2D eigenvalue weighted by Crippen LogP contribution is -2.37. The van der Waals surface area contributed by atoms with Crippen molar-refractivity contribution >= 4 is 22.9 Å². The number of H-pyrrole nitrogens is 1. The summed E-state index contributed by atoms with van der Waals surface area (Å²) in [4.78, 5) is 23.9. The molecule has 9 nitrogen and oxygen atoms in total. The second-order valence-electron chi connectivity index (χ2n) is 6.67. The van der Waals surface area contributed by atoms with E-state index >= 15 is 0 Å². The summed E-state index contributed by atoms with van der Waals surface area (Å²) in [6, 6.07) is 8.08. The molecule has 4 aromatic rings. The summed E-state index contributed by atoms with van der Waals surface area (Å²) in [6.45, 7) is 2.78. The number of hydrogen-bond acceptors (Lipinski definition) is 7. The number of nitrogens with zero attached hydrogens (tertiary/aromatic N) is 6. The number of imidazole rings is 1. The van der Waals surface area contributed by atoms with Gasteiger partial charge in [0.1, 0.15) is 6.33 Å². The fourth-order valence-electron chi connectivity index (χ4n) is 3.41. The number of morpholine rings is 1. The summed E-state index contributed by atoms with van der Waals surface area (Å²) < 4.78 is 7.26. The van der Waals surface area contributed by atoms with Gasteiger partial charge in [-0.05, 0) is 24.4 Å². The first-order valence-corrected chi connectivity index (χ1v) is 9.40. The fraction of sp³-hybridized carbons (Fsp3) is 0.200. The van der Waals surface area contributed by atoms with Crippen molar-refractivity contribution in [3.8, 4) is 17.3 Å². The van der Waals surface area contributed by atoms with E-state index in [0.717, 1.165) is 35.2 Å². The molecular formula is C20H20N8O. The summed E-state index contributed by atoms with van der Waals surface area (Å²) in [5.74, 6) is 1.75. The number of anilines is 1. The van der Waals surface area contributed by atoms with E-state index in [4.69, 9.17) is 25.4 Å². The molecule has 0 spiro atoms. The molecule has 3 N–H and O–H groups in total. The third-order valence-electron chi connectivity index (χ3n) is 4.84. The molecule has 3 aromatic heterocycles. The van der Waals surface area contributed by atoms with Gasteiger partial charge >= 0.3 is 0 Å². The van der Waals surface area contributed by atoms with Gasteiger partial charge in [-0.2, -0.15) is 15.0 Å². The summed E-state index contributed by atoms with van der Waals surface area (Å²) in [7, 11) is 0. The van der Waals surface area contributed by atoms with E-state index in [-0.39, 0.29) is 0 Å². The standard InChI is InChI=1S/C20H20N8O/c21-6-4-14-12-28(13-23-14)20-25-18(16-2-1-3-17-15(16)5-7-22-17)24-19(26-20)27-8-10-29-11-9-27/h1-7,12-13,22H,8-11,21H2/b6-4-. The van der Waals surface area contributed by atoms with Crippen molar-refractivity contribution < 1.29 is 4.74 Å². The average molecular weight is 388 g/mol. The largest absolute Gasteiger partial charge is 0.405 e. The van der Waals surface area contributed by atoms with Crippen LogP contribution in [0.15, 0.2) is 49.2 Å². The van der Waals surface area contributed by atoms with Crippen molar-refractivity contribution in [1.82, 2.24) is 29.5 Å². The van der Waals surface area contributed by atoms with Gasteiger partial charge in [-0.25, -0.2) is 4.98 Å². The molecule has 0 bridgehead atoms. The number of fused-ring (bicyclic) bond motifs is 1. The molecule has 29 heavy (non-hydrogen) atoms. The zero-order valence-corrected chi connectivity index (χ0v) is 15.7. The monoisotopic (exact) mass is 388 g/mol. The first kappa shape index (κ1) is 17.4. The predicted octanol–water partition coefficient (Wildman–Crippen LogP) is 1.97. The van der Waals surface area contributed by atoms with Crippen molar-refractivity contribution in [2.45, 2.75) is 0 Å². The Labute approximate surface area is 166 Å². The van der Waals surface area contributed by atoms with Crippen molar-refractivity contribution in [2.24, 2.45) is 5.73 Å². The highest BCUT2D eigenvalue weighted by Crippen LogP contribution is 2.27. The van der Waals surface area contributed by atoms with Crippen LogP contribution in [0.3, 0.4) is 0 Å². The van der Waals surface area contributed by atoms with Crippen molar-refractivity contribution in [3.05, 3.63) is 54.9 Å². The number of hydrogen-bond donors (Lipinski definition) is 2. The Morgan fingerprint density at radius 2 is 1.93 bits per heavy atom. The Balaban J connectivity index is 1.66. The van der Waals surface area contributed by atoms with E-state index < -0.39 is 0 Å². The van der Waals surface area contributed by atoms with Crippen LogP contribution in [0.2, 0.25) is 0 Å². The van der Waals surface area contributed by atoms with Gasteiger partial charge in [0.2, 0.25) is 11.9 Å². The van der Waals surface area contributed by atoms with Crippen LogP contribution in [0.1, 0.15) is 5.69 Å². The Morgan fingerprint density at radius 3 is 2.79 bits per heavy atom. The van der Waals surface area contributed by atoms with Gasteiger partial charge in [0.05, 0.1) is 18.9 Å². The van der Waals surface area contributed by atoms with Gasteiger partial charge in [-0.3, -0.25) is 4.57 Å². The molecule has 1 aromatic carbocycles. The zero-order valence-electron chi connectivity index (χ0n) is 15.7. The van der Waals surface area contributed by atoms with Gasteiger partial charge in [0.15, 0.2) is 5.82 Å². The third kappa shape index (κ3) is 3.32. The van der Waals surface area contributed by atoms with Crippen molar-refractivity contribution in [2.75, 3.05) is 31.2 Å². The highest BCUT2D eigenvalue weighted by Gasteiger charge is 2.19. The molecule has 146 valence electrons. The number of nitrogens with one attached hydrogen (secondary N) is 1. The normalized spacial score (nSPS) is 14.8. The molecule has 1 aliphatic rings. The number of aromatic nitrogens is 6. The van der Waals surface area contributed by atoms with Gasteiger partial charge in [0, 0.05) is 41.9 Å². The smallest absolute Gasteiger partial charge is 0.240 e. The minimum absolute atomic E-state index is 0.508. The van der Waals surface area contributed by atoms with Gasteiger partial charge in [-0.15, -0.1) is 0 Å². The van der Waals surface area contributed by atoms with E-state index in [1.54, 1.807) is 17.0 Å². The molecule has 1 fully saturated rings. The lowest BCUT2D eigenvalue weighted by Gasteiger charge is -2.27. The quantitative estimate of drug-likeness (QED) is 0.550. The maximum atomic E-state index is 5.48. The maximum absolute atomic E-state index is 5.48. The van der Waals surface area contributed by atoms with Gasteiger partial charge in [-0.1, -0.05) is 12.1 Å². The van der Waals surface area contributed by atoms with Crippen LogP contribution in [-0.2, 0) is 4.74 Å². The molecule has 0 amide bonds. The van der Waals surface area contributed by atoms with Crippen LogP contribution >= 0.6 is 0 Å². The summed E-state index contributed by atoms with van der Waals surface area (Å²) >= 11 is 0. The Morgan fingerprint density at radius 1 is 1.07 bits per heavy atom. The zero-order chi connectivity index (χ0) is 19.6. The molecular weight excluding hydrogens is 368 g/mol. The first-order chi connectivity index (χ1) is 14.3. The number of benzene rings is 1. The first-order valence-electron chi connectivity index (χ1n) is 9.40. The Bertz CT molecular complexity index is 1170. The van der Waals surface area contributed by atoms with E-state index in [2.05, 4.69) is 14.9 Å². The molecule has 0 radical (unpaired) electrons. The summed E-state index contributed by atoms with van der Waals surface area (Å²) in [5.41, 5.74) is 8.20. The Kier molecular flexibility index (Phi) is 4.41. The van der Waals surface area contributed by atoms with Crippen LogP contribution in [0.4, 0.5) is 5.95 Å². The van der Waals surface area contributed by atoms with Gasteiger partial charge < -0.3 is 20.4 Å². The molecule has 0 unspecified atom stereocenters. The highest BCUT2D eigenvalue weighted by molar-refractivity contribution is 5.93. The SMILES string of the molecule is N/C=C\c1cn(-c2nc(-c3cccc4[nH]ccc34)nc(N3CCOCC3)n2)cn1. The average Bonchev–Trinajstić information content (AvgIpc) is 3.44. The van der Waals surface area contributed by atoms with Gasteiger partial charge in [0.25, 0.3) is 0 Å². The maximum Gasteiger partial charge on any atom is 0.240 e. The molecule has 9 heteroatoms. The van der Waals surface area contributed by atoms with Crippen LogP contribution in [0.5, 0.6) is 0 Å². The van der Waals surface area contributed by atoms with Crippen LogP contribution in [-0.4, -0.2) is 55.8 Å². The number of nitrogens with two attached hydrogens (primary N) is 1. The minimum atomic E-state index is 0.508. The minimum Gasteiger partial charge on any atom is -0.405 e. The molecule has 1 aliphatic heterocycles. The fourth-order valence-corrected chi connectivity index (χ4v) is 3.41. The molecule has 0 saturated carbocycles.